The zero-order valence-electron chi connectivity index (χ0n) is 22.0. The second-order valence-electron chi connectivity index (χ2n) is 10.4. The van der Waals surface area contributed by atoms with Gasteiger partial charge in [0.05, 0.1) is 24.9 Å². The fraction of sp³-hybridized carbons (Fsp3) is 0.400. The number of hydrogen-bond donors (Lipinski definition) is 1. The minimum absolute atomic E-state index is 0.177. The van der Waals surface area contributed by atoms with E-state index in [1.165, 1.54) is 16.5 Å². The number of carbonyl (C=O) groups is 1. The molecule has 6 nitrogen and oxygen atoms in total. The molecule has 188 valence electrons. The Bertz CT molecular complexity index is 1400. The van der Waals surface area contributed by atoms with Gasteiger partial charge in [0.2, 0.25) is 11.8 Å². The molecule has 0 spiro atoms. The number of fused-ring (bicyclic) bond motifs is 2. The summed E-state index contributed by atoms with van der Waals surface area (Å²) in [6.07, 6.45) is 2.15. The van der Waals surface area contributed by atoms with E-state index in [0.29, 0.717) is 24.3 Å². The van der Waals surface area contributed by atoms with Gasteiger partial charge in [-0.05, 0) is 67.1 Å². The third kappa shape index (κ3) is 4.58. The van der Waals surface area contributed by atoms with E-state index in [2.05, 4.69) is 59.0 Å². The molecule has 0 atom stereocenters. The number of pyridine rings is 1. The van der Waals surface area contributed by atoms with Crippen LogP contribution in [0.3, 0.4) is 0 Å². The number of ether oxygens (including phenoxy) is 1. The van der Waals surface area contributed by atoms with E-state index in [1.54, 1.807) is 12.0 Å². The first-order valence-electron chi connectivity index (χ1n) is 12.9. The minimum atomic E-state index is 0.177. The number of nitrogens with one attached hydrogen (secondary N) is 1. The van der Waals surface area contributed by atoms with Gasteiger partial charge in [-0.25, -0.2) is 4.98 Å². The molecule has 36 heavy (non-hydrogen) atoms. The van der Waals surface area contributed by atoms with Crippen LogP contribution >= 0.6 is 0 Å². The van der Waals surface area contributed by atoms with Crippen molar-refractivity contribution in [3.8, 4) is 17.1 Å². The standard InChI is InChI=1S/C30H36N4O2/c1-19(2)29-24-16-21(20-12-14-34(15-13-20)18-28(35)33(3)4)10-11-26(24)32-30(29)23-17-27(36-5)31-25-9-7-6-8-22(23)25/h6-11,16-17,19-20,32H,12-15,18H2,1-5H3. The first-order chi connectivity index (χ1) is 17.4. The smallest absolute Gasteiger partial charge is 0.236 e. The minimum Gasteiger partial charge on any atom is -0.481 e. The largest absolute Gasteiger partial charge is 0.481 e. The fourth-order valence-corrected chi connectivity index (χ4v) is 5.52. The zero-order chi connectivity index (χ0) is 25.4. The number of H-pyrrole nitrogens is 1. The predicted octanol–water partition coefficient (Wildman–Crippen LogP) is 5.78. The van der Waals surface area contributed by atoms with Gasteiger partial charge in [0, 0.05) is 42.0 Å². The molecule has 1 aliphatic rings. The Morgan fingerprint density at radius 2 is 1.86 bits per heavy atom. The third-order valence-electron chi connectivity index (χ3n) is 7.53. The second kappa shape index (κ2) is 9.94. The Labute approximate surface area is 213 Å². The number of amides is 1. The first kappa shape index (κ1) is 24.3. The van der Waals surface area contributed by atoms with E-state index in [-0.39, 0.29) is 5.91 Å². The number of para-hydroxylation sites is 1. The lowest BCUT2D eigenvalue weighted by Gasteiger charge is -2.32. The van der Waals surface area contributed by atoms with Crippen LogP contribution in [0.1, 0.15) is 49.7 Å². The van der Waals surface area contributed by atoms with E-state index in [0.717, 1.165) is 53.6 Å². The quantitative estimate of drug-likeness (QED) is 0.377. The van der Waals surface area contributed by atoms with Crippen molar-refractivity contribution in [2.75, 3.05) is 40.8 Å². The normalized spacial score (nSPS) is 15.2. The summed E-state index contributed by atoms with van der Waals surface area (Å²) >= 11 is 0. The van der Waals surface area contributed by atoms with Gasteiger partial charge in [0.1, 0.15) is 0 Å². The highest BCUT2D eigenvalue weighted by atomic mass is 16.5. The predicted molar refractivity (Wildman–Crippen MR) is 147 cm³/mol. The maximum Gasteiger partial charge on any atom is 0.236 e. The molecule has 2 aromatic heterocycles. The van der Waals surface area contributed by atoms with E-state index in [4.69, 9.17) is 4.74 Å². The highest BCUT2D eigenvalue weighted by Gasteiger charge is 2.24. The van der Waals surface area contributed by atoms with Crippen molar-refractivity contribution in [2.24, 2.45) is 0 Å². The summed E-state index contributed by atoms with van der Waals surface area (Å²) in [5, 5.41) is 2.41. The molecule has 1 amide bonds. The van der Waals surface area contributed by atoms with Gasteiger partial charge in [0.15, 0.2) is 0 Å². The van der Waals surface area contributed by atoms with E-state index >= 15 is 0 Å². The number of hydrogen-bond acceptors (Lipinski definition) is 4. The molecule has 0 radical (unpaired) electrons. The summed E-state index contributed by atoms with van der Waals surface area (Å²) in [4.78, 5) is 24.5. The molecule has 1 aliphatic heterocycles. The van der Waals surface area contributed by atoms with Crippen molar-refractivity contribution >= 4 is 27.7 Å². The molecule has 5 rings (SSSR count). The molecule has 1 saturated heterocycles. The van der Waals surface area contributed by atoms with Crippen LogP contribution in [0, 0.1) is 0 Å². The molecule has 0 saturated carbocycles. The molecule has 6 heteroatoms. The van der Waals surface area contributed by atoms with Crippen LogP contribution in [0.5, 0.6) is 5.88 Å². The molecule has 1 fully saturated rings. The summed E-state index contributed by atoms with van der Waals surface area (Å²) in [7, 11) is 5.32. The number of nitrogens with zero attached hydrogens (tertiary/aromatic N) is 3. The number of likely N-dealkylation sites (N-methyl/N-ethyl adjacent to an activating group) is 1. The first-order valence-corrected chi connectivity index (χ1v) is 12.9. The van der Waals surface area contributed by atoms with Crippen LogP contribution in [-0.2, 0) is 4.79 Å². The maximum absolute atomic E-state index is 12.1. The Morgan fingerprint density at radius 1 is 1.11 bits per heavy atom. The molecule has 1 N–H and O–H groups in total. The van der Waals surface area contributed by atoms with Crippen molar-refractivity contribution in [3.05, 3.63) is 59.7 Å². The average Bonchev–Trinajstić information content (AvgIpc) is 3.27. The second-order valence-corrected chi connectivity index (χ2v) is 10.4. The van der Waals surface area contributed by atoms with Crippen LogP contribution in [0.25, 0.3) is 33.1 Å². The van der Waals surface area contributed by atoms with Gasteiger partial charge in [-0.2, -0.15) is 0 Å². The lowest BCUT2D eigenvalue weighted by Crippen LogP contribution is -2.40. The summed E-state index contributed by atoms with van der Waals surface area (Å²) in [5.74, 6) is 1.66. The summed E-state index contributed by atoms with van der Waals surface area (Å²) < 4.78 is 5.55. The lowest BCUT2D eigenvalue weighted by molar-refractivity contribution is -0.130. The van der Waals surface area contributed by atoms with Gasteiger partial charge >= 0.3 is 0 Å². The lowest BCUT2D eigenvalue weighted by atomic mass is 9.87. The topological polar surface area (TPSA) is 61.5 Å². The number of aromatic amines is 1. The number of likely N-dealkylation sites (tertiary alicyclic amines) is 1. The van der Waals surface area contributed by atoms with Gasteiger partial charge in [-0.1, -0.05) is 38.1 Å². The highest BCUT2D eigenvalue weighted by molar-refractivity contribution is 6.00. The number of carbonyl (C=O) groups excluding carboxylic acids is 1. The molecule has 4 aromatic rings. The Morgan fingerprint density at radius 3 is 2.56 bits per heavy atom. The SMILES string of the molecule is COc1cc(-c2[nH]c3ccc(C4CCN(CC(=O)N(C)C)CC4)cc3c2C(C)C)c2ccccc2n1. The van der Waals surface area contributed by atoms with Crippen molar-refractivity contribution in [1.29, 1.82) is 0 Å². The van der Waals surface area contributed by atoms with E-state index in [9.17, 15) is 4.79 Å². The molecule has 0 unspecified atom stereocenters. The number of methoxy groups -OCH3 is 1. The van der Waals surface area contributed by atoms with Gasteiger partial charge in [-0.3, -0.25) is 9.69 Å². The van der Waals surface area contributed by atoms with Gasteiger partial charge < -0.3 is 14.6 Å². The Balaban J connectivity index is 1.51. The van der Waals surface area contributed by atoms with E-state index in [1.807, 2.05) is 32.3 Å². The zero-order valence-corrected chi connectivity index (χ0v) is 22.0. The van der Waals surface area contributed by atoms with Crippen molar-refractivity contribution in [3.63, 3.8) is 0 Å². The van der Waals surface area contributed by atoms with E-state index < -0.39 is 0 Å². The van der Waals surface area contributed by atoms with Crippen molar-refractivity contribution < 1.29 is 9.53 Å². The summed E-state index contributed by atoms with van der Waals surface area (Å²) in [5.41, 5.74) is 7.08. The van der Waals surface area contributed by atoms with Crippen LogP contribution in [0.4, 0.5) is 0 Å². The maximum atomic E-state index is 12.1. The van der Waals surface area contributed by atoms with Gasteiger partial charge in [0.25, 0.3) is 0 Å². The number of benzene rings is 2. The summed E-state index contributed by atoms with van der Waals surface area (Å²) in [6, 6.07) is 17.2. The molecule has 2 aromatic carbocycles. The molecule has 0 bridgehead atoms. The molecular weight excluding hydrogens is 448 g/mol. The van der Waals surface area contributed by atoms with Crippen molar-refractivity contribution in [1.82, 2.24) is 19.8 Å². The van der Waals surface area contributed by atoms with Gasteiger partial charge in [-0.15, -0.1) is 0 Å². The Kier molecular flexibility index (Phi) is 6.71. The van der Waals surface area contributed by atoms with Crippen LogP contribution in [0.2, 0.25) is 0 Å². The third-order valence-corrected chi connectivity index (χ3v) is 7.53. The molecular formula is C30H36N4O2. The monoisotopic (exact) mass is 484 g/mol. The summed E-state index contributed by atoms with van der Waals surface area (Å²) in [6.45, 7) is 6.96. The van der Waals surface area contributed by atoms with Crippen LogP contribution in [-0.4, -0.2) is 66.5 Å². The number of aromatic nitrogens is 2. The Hall–Kier alpha value is -3.38. The molecule has 0 aliphatic carbocycles. The van der Waals surface area contributed by atoms with Crippen LogP contribution < -0.4 is 4.74 Å². The van der Waals surface area contributed by atoms with Crippen molar-refractivity contribution in [2.45, 2.75) is 38.5 Å². The van der Waals surface area contributed by atoms with Crippen LogP contribution in [0.15, 0.2) is 48.5 Å². The number of piperidine rings is 1. The highest BCUT2D eigenvalue weighted by Crippen LogP contribution is 2.41. The average molecular weight is 485 g/mol. The number of rotatable bonds is 6. The fourth-order valence-electron chi connectivity index (χ4n) is 5.52. The molecule has 3 heterocycles.